The summed E-state index contributed by atoms with van der Waals surface area (Å²) in [6.07, 6.45) is 1.28. The Balaban J connectivity index is 1.81. The number of anilines is 2. The molecule has 5 nitrogen and oxygen atoms in total. The molecule has 6 heteroatoms. The number of halogens is 1. The summed E-state index contributed by atoms with van der Waals surface area (Å²) in [6.45, 7) is 4.23. The fourth-order valence-corrected chi connectivity index (χ4v) is 3.77. The average Bonchev–Trinajstić information content (AvgIpc) is 3.00. The highest BCUT2D eigenvalue weighted by Crippen LogP contribution is 2.39. The maximum Gasteiger partial charge on any atom is 0.169 e. The number of ketones is 1. The molecule has 1 aliphatic carbocycles. The summed E-state index contributed by atoms with van der Waals surface area (Å²) in [6, 6.07) is 15.0. The van der Waals surface area contributed by atoms with Crippen LogP contribution in [0.25, 0.3) is 5.69 Å². The fraction of sp³-hybridized carbons (Fsp3) is 0.273. The predicted molar refractivity (Wildman–Crippen MR) is 111 cm³/mol. The van der Waals surface area contributed by atoms with E-state index in [9.17, 15) is 4.79 Å². The first-order valence-corrected chi connectivity index (χ1v) is 9.56. The monoisotopic (exact) mass is 395 g/mol. The Kier molecular flexibility index (Phi) is 4.63. The summed E-state index contributed by atoms with van der Waals surface area (Å²) in [7, 11) is 1.64. The minimum absolute atomic E-state index is 0.105. The van der Waals surface area contributed by atoms with Crippen LogP contribution < -0.4 is 10.1 Å². The maximum absolute atomic E-state index is 13.0. The molecule has 28 heavy (non-hydrogen) atoms. The van der Waals surface area contributed by atoms with Crippen LogP contribution >= 0.6 is 11.6 Å². The standard InChI is InChI=1S/C22H22ClN3O2/c1-22(2)12-18-20(19(27)13-22)21(24-15-6-4-14(23)5-7-15)25-26(18)16-8-10-17(28-3)11-9-16/h4-11H,12-13H2,1-3H3,(H,24,25). The number of aromatic nitrogens is 2. The van der Waals surface area contributed by atoms with Crippen LogP contribution in [-0.2, 0) is 6.42 Å². The van der Waals surface area contributed by atoms with Gasteiger partial charge in [-0.2, -0.15) is 0 Å². The van der Waals surface area contributed by atoms with Gasteiger partial charge in [0.2, 0.25) is 0 Å². The largest absolute Gasteiger partial charge is 0.497 e. The van der Waals surface area contributed by atoms with Crippen LogP contribution in [0.1, 0.15) is 36.3 Å². The smallest absolute Gasteiger partial charge is 0.169 e. The van der Waals surface area contributed by atoms with Crippen molar-refractivity contribution in [3.05, 3.63) is 64.8 Å². The van der Waals surface area contributed by atoms with Gasteiger partial charge in [-0.3, -0.25) is 4.79 Å². The number of rotatable bonds is 4. The molecule has 0 atom stereocenters. The number of ether oxygens (including phenoxy) is 1. The lowest BCUT2D eigenvalue weighted by Gasteiger charge is -2.29. The van der Waals surface area contributed by atoms with Crippen molar-refractivity contribution >= 4 is 28.9 Å². The molecule has 0 fully saturated rings. The molecule has 0 bridgehead atoms. The predicted octanol–water partition coefficient (Wildman–Crippen LogP) is 5.43. The quantitative estimate of drug-likeness (QED) is 0.639. The van der Waals surface area contributed by atoms with Crippen LogP contribution in [0, 0.1) is 5.41 Å². The molecule has 3 aromatic rings. The van der Waals surface area contributed by atoms with Gasteiger partial charge in [0, 0.05) is 17.1 Å². The summed E-state index contributed by atoms with van der Waals surface area (Å²) in [5.74, 6) is 1.47. The molecule has 1 aliphatic rings. The van der Waals surface area contributed by atoms with Crippen molar-refractivity contribution in [1.82, 2.24) is 9.78 Å². The molecule has 1 N–H and O–H groups in total. The van der Waals surface area contributed by atoms with Crippen LogP contribution in [0.2, 0.25) is 5.02 Å². The van der Waals surface area contributed by atoms with E-state index < -0.39 is 0 Å². The third-order valence-electron chi connectivity index (χ3n) is 4.97. The first-order valence-electron chi connectivity index (χ1n) is 9.18. The summed E-state index contributed by atoms with van der Waals surface area (Å²) in [4.78, 5) is 13.0. The first-order chi connectivity index (χ1) is 13.4. The summed E-state index contributed by atoms with van der Waals surface area (Å²) in [5, 5.41) is 8.72. The van der Waals surface area contributed by atoms with E-state index in [0.717, 1.165) is 29.2 Å². The lowest BCUT2D eigenvalue weighted by molar-refractivity contribution is 0.0912. The van der Waals surface area contributed by atoms with Gasteiger partial charge in [-0.15, -0.1) is 5.10 Å². The zero-order valence-corrected chi connectivity index (χ0v) is 16.9. The second-order valence-corrected chi connectivity index (χ2v) is 8.29. The number of carbonyl (C=O) groups excluding carboxylic acids is 1. The Hall–Kier alpha value is -2.79. The van der Waals surface area contributed by atoms with E-state index in [2.05, 4.69) is 19.2 Å². The number of Topliss-reactive ketones (excluding diaryl/α,β-unsaturated/α-hetero) is 1. The third kappa shape index (κ3) is 3.50. The molecule has 0 aliphatic heterocycles. The molecule has 2 aromatic carbocycles. The normalized spacial score (nSPS) is 15.2. The van der Waals surface area contributed by atoms with Gasteiger partial charge in [0.15, 0.2) is 11.6 Å². The van der Waals surface area contributed by atoms with E-state index in [1.807, 2.05) is 53.2 Å². The highest BCUT2D eigenvalue weighted by atomic mass is 35.5. The second kappa shape index (κ2) is 6.99. The van der Waals surface area contributed by atoms with Gasteiger partial charge in [0.1, 0.15) is 5.75 Å². The molecule has 144 valence electrons. The molecule has 0 saturated carbocycles. The topological polar surface area (TPSA) is 56.1 Å². The van der Waals surface area contributed by atoms with E-state index in [0.29, 0.717) is 22.8 Å². The van der Waals surface area contributed by atoms with Crippen molar-refractivity contribution in [3.8, 4) is 11.4 Å². The third-order valence-corrected chi connectivity index (χ3v) is 5.22. The van der Waals surface area contributed by atoms with Crippen molar-refractivity contribution in [1.29, 1.82) is 0 Å². The number of methoxy groups -OCH3 is 1. The lowest BCUT2D eigenvalue weighted by atomic mass is 9.76. The van der Waals surface area contributed by atoms with E-state index in [-0.39, 0.29) is 11.2 Å². The van der Waals surface area contributed by atoms with Crippen LogP contribution in [0.3, 0.4) is 0 Å². The summed E-state index contributed by atoms with van der Waals surface area (Å²) in [5.41, 5.74) is 3.23. The van der Waals surface area contributed by atoms with E-state index in [1.165, 1.54) is 0 Å². The Morgan fingerprint density at radius 2 is 1.75 bits per heavy atom. The zero-order chi connectivity index (χ0) is 19.9. The molecule has 1 aromatic heterocycles. The number of hydrogen-bond donors (Lipinski definition) is 1. The van der Waals surface area contributed by atoms with Crippen molar-refractivity contribution in [3.63, 3.8) is 0 Å². The van der Waals surface area contributed by atoms with Crippen molar-refractivity contribution < 1.29 is 9.53 Å². The van der Waals surface area contributed by atoms with Crippen molar-refractivity contribution in [2.75, 3.05) is 12.4 Å². The number of nitrogens with one attached hydrogen (secondary N) is 1. The van der Waals surface area contributed by atoms with Gasteiger partial charge < -0.3 is 10.1 Å². The zero-order valence-electron chi connectivity index (χ0n) is 16.1. The van der Waals surface area contributed by atoms with E-state index in [4.69, 9.17) is 21.4 Å². The Labute approximate surface area is 169 Å². The molecule has 4 rings (SSSR count). The molecule has 0 unspecified atom stereocenters. The van der Waals surface area contributed by atoms with Crippen LogP contribution in [0.4, 0.5) is 11.5 Å². The molecular weight excluding hydrogens is 374 g/mol. The first kappa shape index (κ1) is 18.6. The van der Waals surface area contributed by atoms with Crippen LogP contribution in [0.15, 0.2) is 48.5 Å². The maximum atomic E-state index is 13.0. The molecule has 0 saturated heterocycles. The van der Waals surface area contributed by atoms with Gasteiger partial charge in [0.25, 0.3) is 0 Å². The van der Waals surface area contributed by atoms with Crippen LogP contribution in [0.5, 0.6) is 5.75 Å². The van der Waals surface area contributed by atoms with Gasteiger partial charge in [-0.05, 0) is 60.4 Å². The molecule has 1 heterocycles. The Morgan fingerprint density at radius 3 is 2.39 bits per heavy atom. The average molecular weight is 396 g/mol. The van der Waals surface area contributed by atoms with E-state index >= 15 is 0 Å². The lowest BCUT2D eigenvalue weighted by Crippen LogP contribution is -2.28. The summed E-state index contributed by atoms with van der Waals surface area (Å²) >= 11 is 5.98. The van der Waals surface area contributed by atoms with Gasteiger partial charge in [-0.1, -0.05) is 25.4 Å². The fourth-order valence-electron chi connectivity index (χ4n) is 3.64. The number of benzene rings is 2. The van der Waals surface area contributed by atoms with Gasteiger partial charge in [-0.25, -0.2) is 4.68 Å². The molecule has 0 radical (unpaired) electrons. The minimum Gasteiger partial charge on any atom is -0.497 e. The van der Waals surface area contributed by atoms with Crippen molar-refractivity contribution in [2.45, 2.75) is 26.7 Å². The Bertz CT molecular complexity index is 1020. The SMILES string of the molecule is COc1ccc(-n2nc(Nc3ccc(Cl)cc3)c3c2CC(C)(C)CC3=O)cc1. The van der Waals surface area contributed by atoms with Gasteiger partial charge >= 0.3 is 0 Å². The Morgan fingerprint density at radius 1 is 1.07 bits per heavy atom. The molecule has 0 amide bonds. The highest BCUT2D eigenvalue weighted by molar-refractivity contribution is 6.30. The highest BCUT2D eigenvalue weighted by Gasteiger charge is 2.36. The minimum atomic E-state index is -0.105. The number of carbonyl (C=O) groups is 1. The summed E-state index contributed by atoms with van der Waals surface area (Å²) < 4.78 is 7.12. The van der Waals surface area contributed by atoms with Crippen LogP contribution in [-0.4, -0.2) is 22.7 Å². The molecular formula is C22H22ClN3O2. The molecule has 0 spiro atoms. The second-order valence-electron chi connectivity index (χ2n) is 7.85. The number of fused-ring (bicyclic) bond motifs is 1. The van der Waals surface area contributed by atoms with E-state index in [1.54, 1.807) is 7.11 Å². The number of nitrogens with zero attached hydrogens (tertiary/aromatic N) is 2. The van der Waals surface area contributed by atoms with Gasteiger partial charge in [0.05, 0.1) is 24.1 Å². The van der Waals surface area contributed by atoms with Crippen molar-refractivity contribution in [2.24, 2.45) is 5.41 Å². The number of hydrogen-bond acceptors (Lipinski definition) is 4.